The summed E-state index contributed by atoms with van der Waals surface area (Å²) in [5.41, 5.74) is 14.3. The molecule has 0 spiro atoms. The van der Waals surface area contributed by atoms with E-state index in [2.05, 4.69) is 78.9 Å². The maximum atomic E-state index is 4.93. The number of rotatable bonds is 3. The van der Waals surface area contributed by atoms with E-state index in [4.69, 9.17) is 17.0 Å². The molecular weight excluding hydrogens is 534 g/mol. The monoisotopic (exact) mass is 562 g/mol. The third-order valence-electron chi connectivity index (χ3n) is 7.70. The molecule has 3 heteroatoms. The van der Waals surface area contributed by atoms with E-state index < -0.39 is 20.8 Å². The summed E-state index contributed by atoms with van der Waals surface area (Å²) in [6, 6.07) is 22.3. The second-order valence-electron chi connectivity index (χ2n) is 9.48. The zero-order valence-corrected chi connectivity index (χ0v) is 23.5. The van der Waals surface area contributed by atoms with Gasteiger partial charge in [-0.15, -0.1) is 0 Å². The van der Waals surface area contributed by atoms with E-state index in [-0.39, 0.29) is 0 Å². The molecule has 34 heavy (non-hydrogen) atoms. The van der Waals surface area contributed by atoms with Crippen LogP contribution in [-0.2, 0) is 20.8 Å². The van der Waals surface area contributed by atoms with Gasteiger partial charge in [0, 0.05) is 5.92 Å². The zero-order valence-electron chi connectivity index (χ0n) is 19.5. The minimum atomic E-state index is -0.826. The first-order chi connectivity index (χ1) is 16.8. The Morgan fingerprint density at radius 3 is 2.03 bits per heavy atom. The molecule has 6 rings (SSSR count). The van der Waals surface area contributed by atoms with Gasteiger partial charge in [0.15, 0.2) is 0 Å². The molecule has 0 saturated carbocycles. The van der Waals surface area contributed by atoms with Crippen LogP contribution in [0.15, 0.2) is 112 Å². The molecule has 0 aromatic heterocycles. The van der Waals surface area contributed by atoms with Gasteiger partial charge in [-0.3, -0.25) is 0 Å². The summed E-state index contributed by atoms with van der Waals surface area (Å²) in [5.74, 6) is 0.533. The van der Waals surface area contributed by atoms with E-state index >= 15 is 0 Å². The molecule has 0 saturated heterocycles. The molecule has 1 atom stereocenters. The molecule has 4 aliphatic rings. The third-order valence-corrected chi connectivity index (χ3v) is 7.70. The Balaban J connectivity index is 0.000000764. The molecule has 0 amide bonds. The third kappa shape index (κ3) is 4.95. The molecule has 0 aliphatic heterocycles. The average Bonchev–Trinajstić information content (AvgIpc) is 3.55. The summed E-state index contributed by atoms with van der Waals surface area (Å²) >= 11 is -0.826. The summed E-state index contributed by atoms with van der Waals surface area (Å²) < 4.78 is 0. The minimum absolute atomic E-state index is 0.533. The van der Waals surface area contributed by atoms with Gasteiger partial charge in [-0.05, 0) is 90.4 Å². The second-order valence-corrected chi connectivity index (χ2v) is 13.2. The number of allylic oxidation sites excluding steroid dienone is 9. The Morgan fingerprint density at radius 1 is 0.765 bits per heavy atom. The Kier molecular flexibility index (Phi) is 8.26. The number of hydrogen-bond donors (Lipinski definition) is 0. The summed E-state index contributed by atoms with van der Waals surface area (Å²) in [4.78, 5) is 0. The van der Waals surface area contributed by atoms with Crippen LogP contribution in [0, 0.1) is 5.92 Å². The summed E-state index contributed by atoms with van der Waals surface area (Å²) in [6.45, 7) is 0. The Bertz CT molecular complexity index is 1140. The predicted molar refractivity (Wildman–Crippen MR) is 142 cm³/mol. The van der Waals surface area contributed by atoms with Crippen LogP contribution in [0.3, 0.4) is 0 Å². The van der Waals surface area contributed by atoms with Crippen LogP contribution in [0.25, 0.3) is 5.57 Å². The van der Waals surface area contributed by atoms with Gasteiger partial charge in [-0.1, -0.05) is 90.0 Å². The first-order valence-corrected chi connectivity index (χ1v) is 18.8. The number of fused-ring (bicyclic) bond motifs is 1. The van der Waals surface area contributed by atoms with E-state index in [1.165, 1.54) is 61.6 Å². The fourth-order valence-corrected chi connectivity index (χ4v) is 6.34. The maximum absolute atomic E-state index is 4.93. The quantitative estimate of drug-likeness (QED) is 0.348. The zero-order chi connectivity index (χ0) is 23.3. The molecule has 2 aromatic carbocycles. The van der Waals surface area contributed by atoms with Crippen molar-refractivity contribution in [2.45, 2.75) is 51.4 Å². The van der Waals surface area contributed by atoms with E-state index in [1.807, 2.05) is 0 Å². The van der Waals surface area contributed by atoms with Crippen molar-refractivity contribution in [3.8, 4) is 0 Å². The van der Waals surface area contributed by atoms with Crippen LogP contribution in [-0.4, -0.2) is 0 Å². The van der Waals surface area contributed by atoms with Gasteiger partial charge in [0.25, 0.3) is 0 Å². The molecule has 2 aromatic rings. The van der Waals surface area contributed by atoms with E-state index in [0.717, 1.165) is 6.42 Å². The van der Waals surface area contributed by atoms with Crippen LogP contribution >= 0.6 is 17.0 Å². The van der Waals surface area contributed by atoms with Crippen molar-refractivity contribution in [1.29, 1.82) is 0 Å². The first-order valence-electron chi connectivity index (χ1n) is 12.4. The van der Waals surface area contributed by atoms with E-state index in [1.54, 1.807) is 33.4 Å². The molecule has 4 aliphatic carbocycles. The summed E-state index contributed by atoms with van der Waals surface area (Å²) in [6.07, 6.45) is 17.2. The van der Waals surface area contributed by atoms with Crippen LogP contribution in [0.4, 0.5) is 0 Å². The Labute approximate surface area is 222 Å². The van der Waals surface area contributed by atoms with Crippen molar-refractivity contribution >= 4 is 22.6 Å². The molecule has 0 N–H and O–H groups in total. The van der Waals surface area contributed by atoms with Crippen molar-refractivity contribution in [2.75, 3.05) is 0 Å². The average molecular weight is 565 g/mol. The van der Waals surface area contributed by atoms with Gasteiger partial charge in [0.1, 0.15) is 0 Å². The van der Waals surface area contributed by atoms with Gasteiger partial charge < -0.3 is 0 Å². The van der Waals surface area contributed by atoms with Crippen molar-refractivity contribution in [2.24, 2.45) is 5.92 Å². The van der Waals surface area contributed by atoms with Crippen molar-refractivity contribution in [3.63, 3.8) is 0 Å². The van der Waals surface area contributed by atoms with Crippen molar-refractivity contribution in [3.05, 3.63) is 123 Å². The van der Waals surface area contributed by atoms with Crippen LogP contribution in [0.5, 0.6) is 0 Å². The number of halogens is 2. The van der Waals surface area contributed by atoms with Crippen LogP contribution < -0.4 is 0 Å². The molecular formula is C31H30Cl2Zr. The standard InChI is InChI=1S/C31H30.2ClH.Zr/c1-3-13-23(14-4-1)30(24-15-5-2-6-16-24)31-27(22-11-7-8-12-22)19-20-28-26-18-10-9-17-25(26)21-29(28)31;;;/h1-8,11,13-16,27H,9-10,12,17-21H2;2*1H;/q;;;+2/p-2. The summed E-state index contributed by atoms with van der Waals surface area (Å²) in [7, 11) is 9.87. The molecule has 0 nitrogen and oxygen atoms in total. The molecule has 0 bridgehead atoms. The molecule has 0 radical (unpaired) electrons. The molecule has 0 fully saturated rings. The fourth-order valence-electron chi connectivity index (χ4n) is 6.34. The second kappa shape index (κ2) is 11.6. The van der Waals surface area contributed by atoms with Crippen molar-refractivity contribution < 1.29 is 20.8 Å². The predicted octanol–water partition coefficient (Wildman–Crippen LogP) is 9.73. The topological polar surface area (TPSA) is 0 Å². The molecule has 172 valence electrons. The fraction of sp³-hybridized carbons (Fsp3) is 0.290. The Hall–Kier alpha value is -1.40. The van der Waals surface area contributed by atoms with Gasteiger partial charge in [0.2, 0.25) is 0 Å². The van der Waals surface area contributed by atoms with Crippen molar-refractivity contribution in [1.82, 2.24) is 0 Å². The van der Waals surface area contributed by atoms with Crippen LogP contribution in [0.2, 0.25) is 0 Å². The van der Waals surface area contributed by atoms with Gasteiger partial charge in [-0.25, -0.2) is 0 Å². The molecule has 0 heterocycles. The normalized spacial score (nSPS) is 20.9. The SMILES string of the molecule is C1=CCC(C2CCC3=C(CC4=C3CCCC4)C2=C(c2ccccc2)c2ccccc2)=C1.[Cl][Zr][Cl]. The molecule has 1 unspecified atom stereocenters. The van der Waals surface area contributed by atoms with E-state index in [0.29, 0.717) is 5.92 Å². The number of hydrogen-bond acceptors (Lipinski definition) is 0. The van der Waals surface area contributed by atoms with Gasteiger partial charge in [-0.2, -0.15) is 0 Å². The van der Waals surface area contributed by atoms with Gasteiger partial charge >= 0.3 is 37.9 Å². The van der Waals surface area contributed by atoms with Crippen LogP contribution in [0.1, 0.15) is 62.5 Å². The first kappa shape index (κ1) is 24.3. The summed E-state index contributed by atoms with van der Waals surface area (Å²) in [5, 5.41) is 0. The van der Waals surface area contributed by atoms with E-state index in [9.17, 15) is 0 Å². The van der Waals surface area contributed by atoms with Gasteiger partial charge in [0.05, 0.1) is 0 Å². The number of benzene rings is 2. The Morgan fingerprint density at radius 2 is 1.41 bits per heavy atom.